The van der Waals surface area contributed by atoms with Gasteiger partial charge < -0.3 is 24.8 Å². The zero-order chi connectivity index (χ0) is 39.1. The molecule has 284 valence electrons. The van der Waals surface area contributed by atoms with E-state index in [0.29, 0.717) is 33.2 Å². The van der Waals surface area contributed by atoms with Crippen molar-refractivity contribution in [2.75, 3.05) is 19.7 Å². The first-order valence-corrected chi connectivity index (χ1v) is 18.8. The normalized spacial score (nSPS) is 15.3. The van der Waals surface area contributed by atoms with Gasteiger partial charge in [0.15, 0.2) is 0 Å². The fourth-order valence-corrected chi connectivity index (χ4v) is 7.24. The summed E-state index contributed by atoms with van der Waals surface area (Å²) in [5, 5.41) is 39.1. The third-order valence-corrected chi connectivity index (χ3v) is 10.9. The molecule has 2 heterocycles. The number of pyridine rings is 1. The summed E-state index contributed by atoms with van der Waals surface area (Å²) in [6, 6.07) is 28.5. The quantitative estimate of drug-likeness (QED) is 0.0963. The predicted molar refractivity (Wildman–Crippen MR) is 213 cm³/mol. The number of carboxylic acid groups (broad SMARTS) is 1. The second kappa shape index (κ2) is 17.5. The maximum absolute atomic E-state index is 11.9. The summed E-state index contributed by atoms with van der Waals surface area (Å²) < 4.78 is 12.6. The molecule has 0 spiro atoms. The van der Waals surface area contributed by atoms with E-state index in [1.807, 2.05) is 12.1 Å². The molecule has 6 rings (SSSR count). The Morgan fingerprint density at radius 3 is 2.33 bits per heavy atom. The highest BCUT2D eigenvalue weighted by Crippen LogP contribution is 2.38. The number of nitrogens with zero attached hydrogens (tertiary/aromatic N) is 3. The van der Waals surface area contributed by atoms with Crippen LogP contribution in [0, 0.1) is 30.6 Å². The standard InChI is InChI=1S/C45H46ClN3O6/c1-29-36(6-4-8-39(29)40-9-5-7-38(30(40)2)34-12-10-31(11-13-34)24-49-17-15-37(51)25-49)27-55-43-20-42(54-26-33-18-32(21-47)22-48-23-33)35(19-41(43)46)14-16-45(3,28-50)44(52)53/h4-13,18-20,22-23,37,50-51H,14-17,24-28H2,1-3H3,(H,52,53)/t37-,45-/m0/s1. The molecule has 1 aromatic heterocycles. The van der Waals surface area contributed by atoms with Gasteiger partial charge in [-0.25, -0.2) is 0 Å². The van der Waals surface area contributed by atoms with Crippen molar-refractivity contribution in [2.24, 2.45) is 5.41 Å². The molecule has 5 aromatic rings. The fraction of sp³-hybridized carbons (Fsp3) is 0.311. The first kappa shape index (κ1) is 39.5. The molecule has 1 fully saturated rings. The van der Waals surface area contributed by atoms with Gasteiger partial charge in [0.1, 0.15) is 30.8 Å². The van der Waals surface area contributed by atoms with Crippen LogP contribution >= 0.6 is 11.6 Å². The van der Waals surface area contributed by atoms with Crippen LogP contribution < -0.4 is 9.47 Å². The number of hydrogen-bond acceptors (Lipinski definition) is 8. The number of halogens is 1. The van der Waals surface area contributed by atoms with Gasteiger partial charge in [-0.05, 0) is 102 Å². The lowest BCUT2D eigenvalue weighted by Crippen LogP contribution is -2.32. The summed E-state index contributed by atoms with van der Waals surface area (Å²) in [7, 11) is 0. The zero-order valence-electron chi connectivity index (χ0n) is 31.4. The lowest BCUT2D eigenvalue weighted by Gasteiger charge is -2.23. The van der Waals surface area contributed by atoms with Crippen molar-refractivity contribution in [3.63, 3.8) is 0 Å². The molecule has 1 saturated heterocycles. The highest BCUT2D eigenvalue weighted by Gasteiger charge is 2.32. The Hall–Kier alpha value is -5.24. The summed E-state index contributed by atoms with van der Waals surface area (Å²) in [5.41, 5.74) is 9.45. The molecule has 1 aliphatic rings. The summed E-state index contributed by atoms with van der Waals surface area (Å²) in [6.07, 6.45) is 4.13. The van der Waals surface area contributed by atoms with Crippen molar-refractivity contribution in [2.45, 2.75) is 65.9 Å². The van der Waals surface area contributed by atoms with Crippen LogP contribution in [0.4, 0.5) is 0 Å². The van der Waals surface area contributed by atoms with Crippen LogP contribution in [-0.2, 0) is 31.0 Å². The SMILES string of the molecule is Cc1c(COc2cc(OCc3cncc(C#N)c3)c(CC[C@@](C)(CO)C(=O)O)cc2Cl)cccc1-c1cccc(-c2ccc(CN3CC[C@H](O)C3)cc2)c1C. The van der Waals surface area contributed by atoms with Crippen LogP contribution in [0.25, 0.3) is 22.3 Å². The van der Waals surface area contributed by atoms with Gasteiger partial charge in [-0.2, -0.15) is 5.26 Å². The van der Waals surface area contributed by atoms with E-state index < -0.39 is 18.0 Å². The number of ether oxygens (including phenoxy) is 2. The topological polar surface area (TPSA) is 136 Å². The minimum absolute atomic E-state index is 0.111. The number of carbonyl (C=O) groups is 1. The number of β-amino-alcohol motifs (C(OH)–C–C–N with tert-alkyl or cyclic N) is 1. The number of rotatable bonds is 15. The Morgan fingerprint density at radius 1 is 0.927 bits per heavy atom. The Balaban J connectivity index is 1.22. The van der Waals surface area contributed by atoms with Gasteiger partial charge in [-0.3, -0.25) is 14.7 Å². The molecule has 0 saturated carbocycles. The lowest BCUT2D eigenvalue weighted by molar-refractivity contribution is -0.150. The lowest BCUT2D eigenvalue weighted by atomic mass is 9.85. The van der Waals surface area contributed by atoms with E-state index in [-0.39, 0.29) is 32.2 Å². The highest BCUT2D eigenvalue weighted by atomic mass is 35.5. The molecule has 55 heavy (non-hydrogen) atoms. The zero-order valence-corrected chi connectivity index (χ0v) is 32.1. The van der Waals surface area contributed by atoms with Crippen molar-refractivity contribution < 1.29 is 29.6 Å². The smallest absolute Gasteiger partial charge is 0.311 e. The number of likely N-dealkylation sites (tertiary alicyclic amines) is 1. The van der Waals surface area contributed by atoms with Gasteiger partial charge in [0, 0.05) is 43.7 Å². The number of aliphatic hydroxyl groups excluding tert-OH is 2. The van der Waals surface area contributed by atoms with Crippen molar-refractivity contribution in [3.05, 3.63) is 135 Å². The minimum Gasteiger partial charge on any atom is -0.488 e. The summed E-state index contributed by atoms with van der Waals surface area (Å²) in [4.78, 5) is 18.3. The molecule has 0 amide bonds. The fourth-order valence-electron chi connectivity index (χ4n) is 7.00. The van der Waals surface area contributed by atoms with Gasteiger partial charge in [0.25, 0.3) is 0 Å². The summed E-state index contributed by atoms with van der Waals surface area (Å²) >= 11 is 6.79. The van der Waals surface area contributed by atoms with E-state index in [0.717, 1.165) is 53.9 Å². The molecule has 3 N–H and O–H groups in total. The van der Waals surface area contributed by atoms with E-state index in [1.165, 1.54) is 29.8 Å². The Kier molecular flexibility index (Phi) is 12.5. The van der Waals surface area contributed by atoms with Crippen molar-refractivity contribution in [1.82, 2.24) is 9.88 Å². The van der Waals surface area contributed by atoms with E-state index in [4.69, 9.17) is 21.1 Å². The first-order chi connectivity index (χ1) is 26.5. The average Bonchev–Trinajstić information content (AvgIpc) is 3.60. The van der Waals surface area contributed by atoms with Crippen LogP contribution in [0.2, 0.25) is 5.02 Å². The maximum Gasteiger partial charge on any atom is 0.311 e. The Morgan fingerprint density at radius 2 is 1.64 bits per heavy atom. The van der Waals surface area contributed by atoms with E-state index in [1.54, 1.807) is 24.4 Å². The monoisotopic (exact) mass is 759 g/mol. The van der Waals surface area contributed by atoms with Crippen LogP contribution in [0.3, 0.4) is 0 Å². The van der Waals surface area contributed by atoms with E-state index in [9.17, 15) is 25.4 Å². The van der Waals surface area contributed by atoms with Gasteiger partial charge in [0.2, 0.25) is 0 Å². The van der Waals surface area contributed by atoms with Crippen LogP contribution in [0.1, 0.15) is 58.7 Å². The molecule has 0 aliphatic carbocycles. The van der Waals surface area contributed by atoms with Crippen molar-refractivity contribution >= 4 is 17.6 Å². The molecule has 1 aliphatic heterocycles. The van der Waals surface area contributed by atoms with Crippen molar-refractivity contribution in [1.29, 1.82) is 5.26 Å². The number of carboxylic acids is 1. The Labute approximate surface area is 327 Å². The third kappa shape index (κ3) is 9.35. The molecule has 9 nitrogen and oxygen atoms in total. The molecule has 0 radical (unpaired) electrons. The number of aryl methyl sites for hydroxylation is 1. The Bertz CT molecular complexity index is 2200. The second-order valence-electron chi connectivity index (χ2n) is 14.6. The van der Waals surface area contributed by atoms with Crippen LogP contribution in [-0.4, -0.2) is 57.0 Å². The predicted octanol–water partition coefficient (Wildman–Crippen LogP) is 8.30. The van der Waals surface area contributed by atoms with Crippen LogP contribution in [0.5, 0.6) is 11.5 Å². The number of hydrogen-bond donors (Lipinski definition) is 3. The maximum atomic E-state index is 11.9. The number of aliphatic carboxylic acids is 1. The molecule has 4 aromatic carbocycles. The first-order valence-electron chi connectivity index (χ1n) is 18.4. The third-order valence-electron chi connectivity index (χ3n) is 10.6. The van der Waals surface area contributed by atoms with Gasteiger partial charge in [-0.15, -0.1) is 0 Å². The molecular formula is C45H46ClN3O6. The molecule has 0 bridgehead atoms. The largest absolute Gasteiger partial charge is 0.488 e. The van der Waals surface area contributed by atoms with Crippen molar-refractivity contribution in [3.8, 4) is 39.8 Å². The highest BCUT2D eigenvalue weighted by molar-refractivity contribution is 6.32. The van der Waals surface area contributed by atoms with Gasteiger partial charge >= 0.3 is 5.97 Å². The van der Waals surface area contributed by atoms with Gasteiger partial charge in [-0.1, -0.05) is 72.3 Å². The number of aliphatic hydroxyl groups is 2. The van der Waals surface area contributed by atoms with Gasteiger partial charge in [0.05, 0.1) is 28.7 Å². The van der Waals surface area contributed by atoms with Crippen LogP contribution in [0.15, 0.2) is 91.3 Å². The molecular weight excluding hydrogens is 714 g/mol. The average molecular weight is 760 g/mol. The molecule has 0 unspecified atom stereocenters. The molecule has 10 heteroatoms. The minimum atomic E-state index is -1.34. The summed E-state index contributed by atoms with van der Waals surface area (Å²) in [6.45, 7) is 8.06. The number of benzene rings is 4. The summed E-state index contributed by atoms with van der Waals surface area (Å²) in [5.74, 6) is -0.236. The second-order valence-corrected chi connectivity index (χ2v) is 15.0. The van der Waals surface area contributed by atoms with E-state index in [2.05, 4.69) is 78.3 Å². The molecule has 2 atom stereocenters. The number of nitriles is 1. The van der Waals surface area contributed by atoms with E-state index >= 15 is 0 Å². The number of aromatic nitrogens is 1.